The van der Waals surface area contributed by atoms with Crippen molar-refractivity contribution in [1.29, 1.82) is 0 Å². The third-order valence-electron chi connectivity index (χ3n) is 10.5. The molecule has 0 saturated carbocycles. The number of aliphatic hydroxyl groups is 2. The standard InChI is InChI=1S/C30H37N3O3.C6H8O7/c34-24-10-17-32(18-11-24)29(36)27-21-23-6-2-4-8-26(23)33(27)28(35)12-16-31-19-14-30(15-20-31)13-9-22-5-1-3-7-25(22)30;7-3(8)1-6(13,5(11)12)2-4(9)10/h1-8,24,27,34H,9-21H2;13H,1-2H2,(H,7,8)(H,9,10)(H,11,12)/t27-;/m0./s1. The molecular formula is C36H45N3O10. The SMILES string of the molecule is O=C(O)CC(O)(CC(=O)O)C(=O)O.O=C([C@@H]1Cc2ccccc2N1C(=O)CCN1CCC2(CCc3ccccc32)CC1)N1CCC(O)CC1. The number of amides is 2. The van der Waals surface area contributed by atoms with Crippen molar-refractivity contribution in [2.24, 2.45) is 0 Å². The number of aliphatic carboxylic acids is 3. The fourth-order valence-corrected chi connectivity index (χ4v) is 7.77. The monoisotopic (exact) mass is 679 g/mol. The van der Waals surface area contributed by atoms with Crippen LogP contribution in [-0.2, 0) is 42.2 Å². The Kier molecular flexibility index (Phi) is 11.1. The summed E-state index contributed by atoms with van der Waals surface area (Å²) < 4.78 is 0. The quantitative estimate of drug-likeness (QED) is 0.260. The zero-order valence-electron chi connectivity index (χ0n) is 27.5. The number of aryl methyl sites for hydroxylation is 1. The highest BCUT2D eigenvalue weighted by molar-refractivity contribution is 6.03. The van der Waals surface area contributed by atoms with Gasteiger partial charge in [-0.25, -0.2) is 4.79 Å². The number of carbonyl (C=O) groups is 5. The van der Waals surface area contributed by atoms with E-state index in [9.17, 15) is 29.1 Å². The number of carboxylic acids is 3. The first kappa shape index (κ1) is 36.0. The lowest BCUT2D eigenvalue weighted by atomic mass is 9.74. The van der Waals surface area contributed by atoms with Crippen molar-refractivity contribution in [2.45, 2.75) is 87.4 Å². The van der Waals surface area contributed by atoms with Gasteiger partial charge in [0.25, 0.3) is 0 Å². The molecule has 3 aliphatic heterocycles. The van der Waals surface area contributed by atoms with E-state index in [1.54, 1.807) is 10.5 Å². The van der Waals surface area contributed by atoms with Gasteiger partial charge in [-0.1, -0.05) is 42.5 Å². The molecule has 0 radical (unpaired) electrons. The second-order valence-electron chi connectivity index (χ2n) is 13.7. The number of likely N-dealkylation sites (tertiary alicyclic amines) is 2. The molecular weight excluding hydrogens is 634 g/mol. The Morgan fingerprint density at radius 3 is 2.00 bits per heavy atom. The predicted molar refractivity (Wildman–Crippen MR) is 177 cm³/mol. The first-order valence-corrected chi connectivity index (χ1v) is 16.9. The number of carbonyl (C=O) groups excluding carboxylic acids is 2. The maximum atomic E-state index is 13.6. The number of anilines is 1. The van der Waals surface area contributed by atoms with Crippen molar-refractivity contribution in [3.8, 4) is 0 Å². The number of nitrogens with zero attached hydrogens (tertiary/aromatic N) is 3. The van der Waals surface area contributed by atoms with Crippen LogP contribution in [0.4, 0.5) is 5.69 Å². The number of hydrogen-bond donors (Lipinski definition) is 5. The number of fused-ring (bicyclic) bond motifs is 3. The van der Waals surface area contributed by atoms with E-state index < -0.39 is 42.4 Å². The highest BCUT2D eigenvalue weighted by Crippen LogP contribution is 2.46. The van der Waals surface area contributed by atoms with Gasteiger partial charge in [-0.05, 0) is 79.8 Å². The number of carboxylic acid groups (broad SMARTS) is 3. The average Bonchev–Trinajstić information content (AvgIpc) is 3.63. The number of benzene rings is 2. The summed E-state index contributed by atoms with van der Waals surface area (Å²) in [6, 6.07) is 16.4. The summed E-state index contributed by atoms with van der Waals surface area (Å²) in [5.74, 6) is -4.96. The molecule has 49 heavy (non-hydrogen) atoms. The van der Waals surface area contributed by atoms with Crippen LogP contribution in [0.3, 0.4) is 0 Å². The van der Waals surface area contributed by atoms with Gasteiger partial charge in [-0.3, -0.25) is 24.1 Å². The Labute approximate surface area is 284 Å². The molecule has 1 spiro atoms. The number of para-hydroxylation sites is 1. The second kappa shape index (κ2) is 15.1. The lowest BCUT2D eigenvalue weighted by Crippen LogP contribution is -2.52. The van der Waals surface area contributed by atoms with E-state index in [1.807, 2.05) is 29.2 Å². The van der Waals surface area contributed by atoms with Crippen molar-refractivity contribution in [2.75, 3.05) is 37.6 Å². The van der Waals surface area contributed by atoms with E-state index in [0.29, 0.717) is 44.2 Å². The van der Waals surface area contributed by atoms with Crippen molar-refractivity contribution in [3.05, 3.63) is 65.2 Å². The summed E-state index contributed by atoms with van der Waals surface area (Å²) in [5, 5.41) is 43.7. The minimum Gasteiger partial charge on any atom is -0.481 e. The molecule has 3 heterocycles. The molecule has 0 aromatic heterocycles. The van der Waals surface area contributed by atoms with Crippen LogP contribution < -0.4 is 4.90 Å². The molecule has 2 amide bonds. The van der Waals surface area contributed by atoms with E-state index in [-0.39, 0.29) is 17.9 Å². The van der Waals surface area contributed by atoms with E-state index in [2.05, 4.69) is 29.2 Å². The molecule has 1 atom stereocenters. The minimum absolute atomic E-state index is 0.0197. The lowest BCUT2D eigenvalue weighted by Gasteiger charge is -2.40. The van der Waals surface area contributed by atoms with E-state index in [4.69, 9.17) is 20.4 Å². The van der Waals surface area contributed by atoms with Crippen molar-refractivity contribution in [1.82, 2.24) is 9.80 Å². The highest BCUT2D eigenvalue weighted by Gasteiger charge is 2.43. The van der Waals surface area contributed by atoms with Gasteiger partial charge in [0.2, 0.25) is 11.8 Å². The fourth-order valence-electron chi connectivity index (χ4n) is 7.77. The largest absolute Gasteiger partial charge is 0.481 e. The summed E-state index contributed by atoms with van der Waals surface area (Å²) in [4.78, 5) is 63.6. The average molecular weight is 680 g/mol. The summed E-state index contributed by atoms with van der Waals surface area (Å²) in [6.45, 7) is 3.92. The Bertz CT molecular complexity index is 1550. The molecule has 1 aliphatic carbocycles. The van der Waals surface area contributed by atoms with Gasteiger partial charge < -0.3 is 35.3 Å². The van der Waals surface area contributed by atoms with Crippen LogP contribution in [0.5, 0.6) is 0 Å². The van der Waals surface area contributed by atoms with Gasteiger partial charge in [0, 0.05) is 38.2 Å². The van der Waals surface area contributed by atoms with Gasteiger partial charge in [-0.2, -0.15) is 0 Å². The predicted octanol–water partition coefficient (Wildman–Crippen LogP) is 2.05. The molecule has 5 N–H and O–H groups in total. The van der Waals surface area contributed by atoms with E-state index in [1.165, 1.54) is 18.4 Å². The molecule has 13 nitrogen and oxygen atoms in total. The number of hydrogen-bond acceptors (Lipinski definition) is 8. The lowest BCUT2D eigenvalue weighted by molar-refractivity contribution is -0.170. The molecule has 2 fully saturated rings. The fraction of sp³-hybridized carbons (Fsp3) is 0.528. The Hall–Kier alpha value is -4.33. The van der Waals surface area contributed by atoms with Gasteiger partial charge >= 0.3 is 17.9 Å². The zero-order valence-corrected chi connectivity index (χ0v) is 27.5. The van der Waals surface area contributed by atoms with Crippen LogP contribution in [0.15, 0.2) is 48.5 Å². The summed E-state index contributed by atoms with van der Waals surface area (Å²) in [7, 11) is 0. The van der Waals surface area contributed by atoms with Crippen molar-refractivity contribution in [3.63, 3.8) is 0 Å². The molecule has 13 heteroatoms. The van der Waals surface area contributed by atoms with E-state index >= 15 is 0 Å². The molecule has 4 aliphatic rings. The second-order valence-corrected chi connectivity index (χ2v) is 13.7. The molecule has 6 rings (SSSR count). The number of aliphatic hydroxyl groups excluding tert-OH is 1. The topological polar surface area (TPSA) is 196 Å². The third kappa shape index (κ3) is 8.11. The summed E-state index contributed by atoms with van der Waals surface area (Å²) >= 11 is 0. The van der Waals surface area contributed by atoms with Gasteiger partial charge in [0.15, 0.2) is 5.60 Å². The van der Waals surface area contributed by atoms with Crippen LogP contribution in [0.25, 0.3) is 0 Å². The van der Waals surface area contributed by atoms with Crippen LogP contribution in [0, 0.1) is 0 Å². The van der Waals surface area contributed by atoms with Crippen molar-refractivity contribution < 1.29 is 49.5 Å². The van der Waals surface area contributed by atoms with Crippen LogP contribution in [0.1, 0.15) is 68.1 Å². The highest BCUT2D eigenvalue weighted by atomic mass is 16.4. The summed E-state index contributed by atoms with van der Waals surface area (Å²) in [5.41, 5.74) is 2.62. The maximum absolute atomic E-state index is 13.6. The number of piperidine rings is 2. The molecule has 0 bridgehead atoms. The third-order valence-corrected chi connectivity index (χ3v) is 10.5. The Balaban J connectivity index is 0.000000308. The normalized spacial score (nSPS) is 20.2. The van der Waals surface area contributed by atoms with E-state index in [0.717, 1.165) is 43.7 Å². The molecule has 0 unspecified atom stereocenters. The van der Waals surface area contributed by atoms with Crippen LogP contribution in [0.2, 0.25) is 0 Å². The first-order valence-electron chi connectivity index (χ1n) is 16.9. The zero-order chi connectivity index (χ0) is 35.3. The minimum atomic E-state index is -2.74. The molecule has 264 valence electrons. The molecule has 2 aromatic carbocycles. The van der Waals surface area contributed by atoms with Crippen molar-refractivity contribution >= 4 is 35.4 Å². The molecule has 2 aromatic rings. The van der Waals surface area contributed by atoms with Crippen LogP contribution in [-0.4, -0.2) is 116 Å². The Morgan fingerprint density at radius 2 is 1.39 bits per heavy atom. The van der Waals surface area contributed by atoms with Gasteiger partial charge in [0.05, 0.1) is 18.9 Å². The maximum Gasteiger partial charge on any atom is 0.336 e. The van der Waals surface area contributed by atoms with Gasteiger partial charge in [-0.15, -0.1) is 0 Å². The summed E-state index contributed by atoms with van der Waals surface area (Å²) in [6.07, 6.45) is 4.37. The Morgan fingerprint density at radius 1 is 0.796 bits per heavy atom. The van der Waals surface area contributed by atoms with Crippen LogP contribution >= 0.6 is 0 Å². The first-order chi connectivity index (χ1) is 23.3. The number of rotatable bonds is 9. The smallest absolute Gasteiger partial charge is 0.336 e. The van der Waals surface area contributed by atoms with Gasteiger partial charge in [0.1, 0.15) is 6.04 Å². The molecule has 2 saturated heterocycles.